The van der Waals surface area contributed by atoms with Gasteiger partial charge in [0.1, 0.15) is 5.82 Å². The maximum atomic E-state index is 12.8. The fourth-order valence-electron chi connectivity index (χ4n) is 1.70. The molecule has 0 aliphatic rings. The zero-order valence-corrected chi connectivity index (χ0v) is 10.3. The van der Waals surface area contributed by atoms with Gasteiger partial charge in [0.05, 0.1) is 0 Å². The minimum atomic E-state index is -0.279. The summed E-state index contributed by atoms with van der Waals surface area (Å²) in [5.41, 5.74) is 6.21. The molecule has 0 fully saturated rings. The molecule has 1 unspecified atom stereocenters. The Bertz CT molecular complexity index is 495. The van der Waals surface area contributed by atoms with Crippen LogP contribution in [0.1, 0.15) is 31.6 Å². The Labute approximate surface area is 105 Å². The van der Waals surface area contributed by atoms with Gasteiger partial charge >= 0.3 is 0 Å². The van der Waals surface area contributed by atoms with Crippen LogP contribution >= 0.6 is 0 Å². The highest BCUT2D eigenvalue weighted by atomic mass is 19.1. The van der Waals surface area contributed by atoms with Gasteiger partial charge in [-0.3, -0.25) is 0 Å². The smallest absolute Gasteiger partial charge is 0.229 e. The summed E-state index contributed by atoms with van der Waals surface area (Å²) in [6.07, 6.45) is 1.84. The zero-order valence-electron chi connectivity index (χ0n) is 10.3. The molecule has 1 heterocycles. The summed E-state index contributed by atoms with van der Waals surface area (Å²) in [6.45, 7) is 2.68. The van der Waals surface area contributed by atoms with Crippen LogP contribution < -0.4 is 5.73 Å². The number of hydrogen-bond donors (Lipinski definition) is 1. The maximum absolute atomic E-state index is 12.8. The van der Waals surface area contributed by atoms with Crippen LogP contribution in [0, 0.1) is 5.82 Å². The third-order valence-electron chi connectivity index (χ3n) is 2.81. The highest BCUT2D eigenvalue weighted by Gasteiger charge is 2.14. The first-order valence-electron chi connectivity index (χ1n) is 6.00. The van der Waals surface area contributed by atoms with E-state index in [0.717, 1.165) is 18.4 Å². The van der Waals surface area contributed by atoms with E-state index in [-0.39, 0.29) is 11.7 Å². The third kappa shape index (κ3) is 2.92. The Kier molecular flexibility index (Phi) is 4.04. The van der Waals surface area contributed by atoms with Crippen LogP contribution in [0.5, 0.6) is 0 Å². The molecule has 2 rings (SSSR count). The van der Waals surface area contributed by atoms with Gasteiger partial charge in [0.2, 0.25) is 11.7 Å². The standard InChI is InChI=1S/C13H16FN3O/c1-9(3-2-8-15)13-16-12(17-18-13)10-4-6-11(14)7-5-10/h4-7,9H,2-3,8,15H2,1H3. The number of nitrogens with two attached hydrogens (primary N) is 1. The van der Waals surface area contributed by atoms with E-state index in [1.165, 1.54) is 12.1 Å². The molecule has 1 atom stereocenters. The van der Waals surface area contributed by atoms with Crippen molar-refractivity contribution in [3.05, 3.63) is 36.0 Å². The molecule has 5 heteroatoms. The number of nitrogens with zero attached hydrogens (tertiary/aromatic N) is 2. The van der Waals surface area contributed by atoms with Crippen molar-refractivity contribution < 1.29 is 8.91 Å². The van der Waals surface area contributed by atoms with Gasteiger partial charge in [-0.25, -0.2) is 4.39 Å². The van der Waals surface area contributed by atoms with Gasteiger partial charge in [0.25, 0.3) is 0 Å². The van der Waals surface area contributed by atoms with Gasteiger partial charge in [-0.05, 0) is 43.7 Å². The summed E-state index contributed by atoms with van der Waals surface area (Å²) >= 11 is 0. The van der Waals surface area contributed by atoms with E-state index >= 15 is 0 Å². The fourth-order valence-corrected chi connectivity index (χ4v) is 1.70. The van der Waals surface area contributed by atoms with Crippen LogP contribution in [-0.2, 0) is 0 Å². The minimum absolute atomic E-state index is 0.190. The summed E-state index contributed by atoms with van der Waals surface area (Å²) < 4.78 is 18.0. The topological polar surface area (TPSA) is 64.9 Å². The van der Waals surface area contributed by atoms with Gasteiger partial charge in [0.15, 0.2) is 0 Å². The molecular formula is C13H16FN3O. The lowest BCUT2D eigenvalue weighted by Crippen LogP contribution is -2.02. The van der Waals surface area contributed by atoms with Crippen molar-refractivity contribution in [3.8, 4) is 11.4 Å². The van der Waals surface area contributed by atoms with Crippen molar-refractivity contribution in [1.82, 2.24) is 10.1 Å². The minimum Gasteiger partial charge on any atom is -0.339 e. The molecule has 4 nitrogen and oxygen atoms in total. The zero-order chi connectivity index (χ0) is 13.0. The predicted octanol–water partition coefficient (Wildman–Crippen LogP) is 2.72. The van der Waals surface area contributed by atoms with E-state index < -0.39 is 0 Å². The first kappa shape index (κ1) is 12.7. The lowest BCUT2D eigenvalue weighted by atomic mass is 10.1. The van der Waals surface area contributed by atoms with Crippen LogP contribution in [0.25, 0.3) is 11.4 Å². The molecule has 1 aromatic carbocycles. The van der Waals surface area contributed by atoms with Gasteiger partial charge in [-0.1, -0.05) is 12.1 Å². The Morgan fingerprint density at radius 2 is 2.06 bits per heavy atom. The van der Waals surface area contributed by atoms with E-state index in [1.54, 1.807) is 12.1 Å². The van der Waals surface area contributed by atoms with Gasteiger partial charge in [-0.2, -0.15) is 4.98 Å². The second kappa shape index (κ2) is 5.73. The molecule has 0 saturated heterocycles. The van der Waals surface area contributed by atoms with Crippen LogP contribution in [0.3, 0.4) is 0 Å². The van der Waals surface area contributed by atoms with Crippen molar-refractivity contribution in [2.45, 2.75) is 25.7 Å². The molecule has 1 aromatic heterocycles. The lowest BCUT2D eigenvalue weighted by Gasteiger charge is -2.03. The van der Waals surface area contributed by atoms with Gasteiger partial charge < -0.3 is 10.3 Å². The van der Waals surface area contributed by atoms with Crippen molar-refractivity contribution >= 4 is 0 Å². The molecule has 96 valence electrons. The van der Waals surface area contributed by atoms with E-state index in [1.807, 2.05) is 6.92 Å². The molecule has 0 saturated carbocycles. The van der Waals surface area contributed by atoms with Crippen molar-refractivity contribution in [1.29, 1.82) is 0 Å². The molecule has 0 radical (unpaired) electrons. The average molecular weight is 249 g/mol. The van der Waals surface area contributed by atoms with Crippen LogP contribution in [0.15, 0.2) is 28.8 Å². The Hall–Kier alpha value is -1.75. The summed E-state index contributed by atoms with van der Waals surface area (Å²) in [5, 5.41) is 3.91. The SMILES string of the molecule is CC(CCCN)c1nc(-c2ccc(F)cc2)no1. The van der Waals surface area contributed by atoms with E-state index in [4.69, 9.17) is 10.3 Å². The molecule has 0 bridgehead atoms. The number of hydrogen-bond acceptors (Lipinski definition) is 4. The lowest BCUT2D eigenvalue weighted by molar-refractivity contribution is 0.352. The quantitative estimate of drug-likeness (QED) is 0.884. The van der Waals surface area contributed by atoms with Gasteiger partial charge in [-0.15, -0.1) is 0 Å². The highest BCUT2D eigenvalue weighted by Crippen LogP contribution is 2.22. The van der Waals surface area contributed by atoms with E-state index in [0.29, 0.717) is 18.3 Å². The molecule has 2 N–H and O–H groups in total. The molecule has 0 aliphatic carbocycles. The molecular weight excluding hydrogens is 233 g/mol. The summed E-state index contributed by atoms with van der Waals surface area (Å²) in [6, 6.07) is 6.02. The van der Waals surface area contributed by atoms with Crippen molar-refractivity contribution in [2.24, 2.45) is 5.73 Å². The van der Waals surface area contributed by atoms with Crippen molar-refractivity contribution in [2.75, 3.05) is 6.54 Å². The molecule has 18 heavy (non-hydrogen) atoms. The van der Waals surface area contributed by atoms with Crippen LogP contribution in [-0.4, -0.2) is 16.7 Å². The summed E-state index contributed by atoms with van der Waals surface area (Å²) in [5.74, 6) is 1.00. The first-order chi connectivity index (χ1) is 8.70. The third-order valence-corrected chi connectivity index (χ3v) is 2.81. The van der Waals surface area contributed by atoms with Crippen LogP contribution in [0.4, 0.5) is 4.39 Å². The second-order valence-electron chi connectivity index (χ2n) is 4.30. The highest BCUT2D eigenvalue weighted by molar-refractivity contribution is 5.53. The number of aromatic nitrogens is 2. The second-order valence-corrected chi connectivity index (χ2v) is 4.30. The maximum Gasteiger partial charge on any atom is 0.229 e. The average Bonchev–Trinajstić information content (AvgIpc) is 2.86. The Morgan fingerprint density at radius 1 is 1.33 bits per heavy atom. The molecule has 2 aromatic rings. The molecule has 0 spiro atoms. The monoisotopic (exact) mass is 249 g/mol. The van der Waals surface area contributed by atoms with Crippen LogP contribution in [0.2, 0.25) is 0 Å². The Morgan fingerprint density at radius 3 is 2.72 bits per heavy atom. The largest absolute Gasteiger partial charge is 0.339 e. The fraction of sp³-hybridized carbons (Fsp3) is 0.385. The molecule has 0 aliphatic heterocycles. The normalized spacial score (nSPS) is 12.6. The predicted molar refractivity (Wildman–Crippen MR) is 66.4 cm³/mol. The van der Waals surface area contributed by atoms with E-state index in [2.05, 4.69) is 10.1 Å². The van der Waals surface area contributed by atoms with E-state index in [9.17, 15) is 4.39 Å². The van der Waals surface area contributed by atoms with Gasteiger partial charge in [0, 0.05) is 11.5 Å². The number of halogens is 1. The number of rotatable bonds is 5. The first-order valence-corrected chi connectivity index (χ1v) is 6.00. The summed E-state index contributed by atoms with van der Waals surface area (Å²) in [7, 11) is 0. The molecule has 0 amide bonds. The Balaban J connectivity index is 2.12. The summed E-state index contributed by atoms with van der Waals surface area (Å²) in [4.78, 5) is 4.32. The number of benzene rings is 1. The van der Waals surface area contributed by atoms with Crippen molar-refractivity contribution in [3.63, 3.8) is 0 Å².